The minimum absolute atomic E-state index is 0.0388. The van der Waals surface area contributed by atoms with Gasteiger partial charge in [-0.2, -0.15) is 4.98 Å². The molecule has 5 N–H and O–H groups in total. The lowest BCUT2D eigenvalue weighted by molar-refractivity contribution is -0.0513. The predicted octanol–water partition coefficient (Wildman–Crippen LogP) is -0.241. The molecule has 10 nitrogen and oxygen atoms in total. The van der Waals surface area contributed by atoms with Gasteiger partial charge in [0.15, 0.2) is 23.6 Å². The van der Waals surface area contributed by atoms with Gasteiger partial charge in [0, 0.05) is 5.02 Å². The Balaban J connectivity index is 1.93. The number of alkyl halides is 1. The van der Waals surface area contributed by atoms with Crippen LogP contribution >= 0.6 is 11.6 Å². The van der Waals surface area contributed by atoms with Crippen molar-refractivity contribution in [1.82, 2.24) is 19.1 Å². The fourth-order valence-electron chi connectivity index (χ4n) is 3.46. The third-order valence-electron chi connectivity index (χ3n) is 4.78. The molecule has 0 aliphatic carbocycles. The van der Waals surface area contributed by atoms with Crippen molar-refractivity contribution in [1.29, 1.82) is 0 Å². The van der Waals surface area contributed by atoms with Gasteiger partial charge < -0.3 is 20.7 Å². The van der Waals surface area contributed by atoms with Gasteiger partial charge in [0.25, 0.3) is 5.56 Å². The Kier molecular flexibility index (Phi) is 4.90. The third kappa shape index (κ3) is 3.21. The number of H-pyrrole nitrogens is 1. The molecule has 1 aliphatic rings. The number of hydrogen-bond acceptors (Lipinski definition) is 7. The number of nitrogens with two attached hydrogens (primary N) is 1. The maximum absolute atomic E-state index is 14.2. The van der Waals surface area contributed by atoms with Crippen LogP contribution < -0.4 is 17.0 Å². The molecular weight excluding hydrogens is 409 g/mol. The van der Waals surface area contributed by atoms with Crippen molar-refractivity contribution in [3.05, 3.63) is 55.7 Å². The summed E-state index contributed by atoms with van der Waals surface area (Å²) in [5, 5.41) is 19.9. The van der Waals surface area contributed by atoms with Crippen molar-refractivity contribution in [2.24, 2.45) is 0 Å². The fourth-order valence-corrected chi connectivity index (χ4v) is 3.68. The molecule has 29 heavy (non-hydrogen) atoms. The number of rotatable bonds is 4. The van der Waals surface area contributed by atoms with Gasteiger partial charge in [0.05, 0.1) is 13.2 Å². The standard InChI is InChI=1S/C17H17ClFN5O5/c18-8-3-1-2-7(4-8)5-23-11-13(21-16(20)22-14(11)27)24(17(23)28)15-12(26)10(19)9(6-25)29-15/h1-4,9-10,12,15,25-26H,5-6H2,(H3,20,21,22,27)/t9-,10-,12-,15-/m1/s1. The van der Waals surface area contributed by atoms with Gasteiger partial charge in [-0.3, -0.25) is 14.3 Å². The second kappa shape index (κ2) is 7.26. The molecule has 0 bridgehead atoms. The highest BCUT2D eigenvalue weighted by molar-refractivity contribution is 6.30. The number of anilines is 1. The molecule has 4 rings (SSSR count). The van der Waals surface area contributed by atoms with E-state index in [1.54, 1.807) is 24.3 Å². The van der Waals surface area contributed by atoms with Gasteiger partial charge in [-0.25, -0.2) is 13.8 Å². The van der Waals surface area contributed by atoms with Crippen molar-refractivity contribution < 1.29 is 19.3 Å². The summed E-state index contributed by atoms with van der Waals surface area (Å²) in [5.41, 5.74) is 4.49. The number of ether oxygens (including phenoxy) is 1. The van der Waals surface area contributed by atoms with Gasteiger partial charge in [-0.05, 0) is 17.7 Å². The third-order valence-corrected chi connectivity index (χ3v) is 5.02. The van der Waals surface area contributed by atoms with E-state index in [1.165, 1.54) is 0 Å². The molecule has 3 heterocycles. The predicted molar refractivity (Wildman–Crippen MR) is 101 cm³/mol. The van der Waals surface area contributed by atoms with E-state index in [4.69, 9.17) is 22.1 Å². The molecule has 3 aromatic rings. The lowest BCUT2D eigenvalue weighted by Gasteiger charge is -2.15. The van der Waals surface area contributed by atoms with E-state index in [-0.39, 0.29) is 23.7 Å². The van der Waals surface area contributed by atoms with Crippen LogP contribution in [0.1, 0.15) is 11.8 Å². The van der Waals surface area contributed by atoms with Crippen LogP contribution in [-0.2, 0) is 11.3 Å². The Hall–Kier alpha value is -2.73. The van der Waals surface area contributed by atoms with Crippen molar-refractivity contribution in [2.45, 2.75) is 31.2 Å². The smallest absolute Gasteiger partial charge is 0.333 e. The number of nitrogens with one attached hydrogen (secondary N) is 1. The number of aliphatic hydroxyl groups excluding tert-OH is 2. The number of aromatic nitrogens is 4. The number of nitrogen functional groups attached to an aromatic ring is 1. The Morgan fingerprint density at radius 1 is 1.38 bits per heavy atom. The average Bonchev–Trinajstić information content (AvgIpc) is 3.09. The minimum Gasteiger partial charge on any atom is -0.394 e. The molecule has 0 unspecified atom stereocenters. The normalized spacial score (nSPS) is 24.4. The SMILES string of the molecule is Nc1nc2c(c(=O)[nH]1)n(Cc1cccc(Cl)c1)c(=O)n2[C@@H]1O[C@H](CO)[C@@H](F)[C@H]1O. The largest absolute Gasteiger partial charge is 0.394 e. The van der Waals surface area contributed by atoms with E-state index in [9.17, 15) is 24.2 Å². The van der Waals surface area contributed by atoms with Crippen LogP contribution in [0.25, 0.3) is 11.2 Å². The van der Waals surface area contributed by atoms with Crippen LogP contribution in [0.4, 0.5) is 10.3 Å². The highest BCUT2D eigenvalue weighted by Gasteiger charge is 2.46. The highest BCUT2D eigenvalue weighted by atomic mass is 35.5. The lowest BCUT2D eigenvalue weighted by atomic mass is 10.1. The summed E-state index contributed by atoms with van der Waals surface area (Å²) >= 11 is 5.99. The number of halogens is 2. The molecule has 1 aliphatic heterocycles. The maximum atomic E-state index is 14.2. The number of aromatic amines is 1. The second-order valence-electron chi connectivity index (χ2n) is 6.67. The van der Waals surface area contributed by atoms with Crippen molar-refractivity contribution in [3.63, 3.8) is 0 Å². The van der Waals surface area contributed by atoms with Gasteiger partial charge in [-0.1, -0.05) is 23.7 Å². The molecule has 1 fully saturated rings. The van der Waals surface area contributed by atoms with Gasteiger partial charge in [0.2, 0.25) is 5.95 Å². The minimum atomic E-state index is -1.93. The molecule has 154 valence electrons. The summed E-state index contributed by atoms with van der Waals surface area (Å²) in [6.07, 6.45) is -6.50. The summed E-state index contributed by atoms with van der Waals surface area (Å²) in [6, 6.07) is 6.67. The molecule has 1 aromatic carbocycles. The van der Waals surface area contributed by atoms with E-state index >= 15 is 0 Å². The average molecular weight is 426 g/mol. The van der Waals surface area contributed by atoms with Gasteiger partial charge in [-0.15, -0.1) is 0 Å². The van der Waals surface area contributed by atoms with Crippen LogP contribution in [0.5, 0.6) is 0 Å². The lowest BCUT2D eigenvalue weighted by Crippen LogP contribution is -2.34. The monoisotopic (exact) mass is 425 g/mol. The zero-order valence-electron chi connectivity index (χ0n) is 14.8. The Labute approximate surface area is 166 Å². The van der Waals surface area contributed by atoms with Crippen LogP contribution in [-0.4, -0.2) is 54.3 Å². The summed E-state index contributed by atoms with van der Waals surface area (Å²) < 4.78 is 21.5. The van der Waals surface area contributed by atoms with E-state index in [0.717, 1.165) is 9.13 Å². The van der Waals surface area contributed by atoms with Crippen molar-refractivity contribution in [3.8, 4) is 0 Å². The van der Waals surface area contributed by atoms with E-state index in [2.05, 4.69) is 9.97 Å². The van der Waals surface area contributed by atoms with Crippen LogP contribution in [0.2, 0.25) is 5.02 Å². The van der Waals surface area contributed by atoms with Crippen molar-refractivity contribution >= 4 is 28.7 Å². The Bertz CT molecular complexity index is 1190. The highest BCUT2D eigenvalue weighted by Crippen LogP contribution is 2.32. The van der Waals surface area contributed by atoms with E-state index < -0.39 is 42.5 Å². The Morgan fingerprint density at radius 3 is 2.79 bits per heavy atom. The molecule has 2 aromatic heterocycles. The first-order chi connectivity index (χ1) is 13.8. The molecule has 1 saturated heterocycles. The van der Waals surface area contributed by atoms with Crippen LogP contribution in [0, 0.1) is 0 Å². The summed E-state index contributed by atoms with van der Waals surface area (Å²) in [7, 11) is 0. The number of hydrogen-bond donors (Lipinski definition) is 4. The molecule has 0 radical (unpaired) electrons. The molecule has 0 saturated carbocycles. The first kappa shape index (κ1) is 19.6. The van der Waals surface area contributed by atoms with Crippen molar-refractivity contribution in [2.75, 3.05) is 12.3 Å². The topological polar surface area (TPSA) is 148 Å². The number of aliphatic hydroxyl groups is 2. The maximum Gasteiger partial charge on any atom is 0.333 e. The zero-order chi connectivity index (χ0) is 20.9. The molecule has 12 heteroatoms. The molecular formula is C17H17ClFN5O5. The van der Waals surface area contributed by atoms with Crippen LogP contribution in [0.3, 0.4) is 0 Å². The van der Waals surface area contributed by atoms with Crippen LogP contribution in [0.15, 0.2) is 33.9 Å². The van der Waals surface area contributed by atoms with Gasteiger partial charge in [0.1, 0.15) is 12.2 Å². The summed E-state index contributed by atoms with van der Waals surface area (Å²) in [4.78, 5) is 32.0. The fraction of sp³-hybridized carbons (Fsp3) is 0.353. The van der Waals surface area contributed by atoms with E-state index in [0.29, 0.717) is 10.6 Å². The molecule has 0 amide bonds. The van der Waals surface area contributed by atoms with E-state index in [1.807, 2.05) is 0 Å². The second-order valence-corrected chi connectivity index (χ2v) is 7.11. The first-order valence-corrected chi connectivity index (χ1v) is 9.03. The molecule has 4 atom stereocenters. The number of nitrogens with zero attached hydrogens (tertiary/aromatic N) is 3. The Morgan fingerprint density at radius 2 is 2.14 bits per heavy atom. The molecule has 0 spiro atoms. The summed E-state index contributed by atoms with van der Waals surface area (Å²) in [5.74, 6) is -0.265. The first-order valence-electron chi connectivity index (χ1n) is 8.65. The number of imidazole rings is 1. The number of benzene rings is 1. The number of fused-ring (bicyclic) bond motifs is 1. The zero-order valence-corrected chi connectivity index (χ0v) is 15.6. The van der Waals surface area contributed by atoms with Gasteiger partial charge >= 0.3 is 5.69 Å². The summed E-state index contributed by atoms with van der Waals surface area (Å²) in [6.45, 7) is -0.732. The quantitative estimate of drug-likeness (QED) is 0.450.